The minimum absolute atomic E-state index is 0.00215. The van der Waals surface area contributed by atoms with Gasteiger partial charge in [0.15, 0.2) is 0 Å². The lowest BCUT2D eigenvalue weighted by Gasteiger charge is -2.28. The molecule has 3 aliphatic rings. The SMILES string of the molecule is CC1(C)c2ccccc2-c2cc(CC(c3ccc(-c4ccc(CCC5Cc6ccccc6-c6ccccc65)cc4)cc3)c3ccc(-c4ccc5c(c4)C(C)(C)c4ccccc4-5)cc3)ccc21. The second-order valence-corrected chi connectivity index (χ2v) is 20.4. The zero-order valence-corrected chi connectivity index (χ0v) is 38.6. The summed E-state index contributed by atoms with van der Waals surface area (Å²) in [5.41, 5.74) is 27.5. The summed E-state index contributed by atoms with van der Waals surface area (Å²) < 4.78 is 0. The van der Waals surface area contributed by atoms with Crippen LogP contribution in [0.3, 0.4) is 0 Å². The number of aryl methyl sites for hydroxylation is 1. The summed E-state index contributed by atoms with van der Waals surface area (Å²) in [6.07, 6.45) is 4.26. The van der Waals surface area contributed by atoms with E-state index in [4.69, 9.17) is 0 Å². The van der Waals surface area contributed by atoms with Crippen LogP contribution < -0.4 is 0 Å². The molecule has 0 radical (unpaired) electrons. The summed E-state index contributed by atoms with van der Waals surface area (Å²) in [7, 11) is 0. The van der Waals surface area contributed by atoms with Gasteiger partial charge in [-0.3, -0.25) is 0 Å². The Bertz CT molecular complexity index is 3280. The Balaban J connectivity index is 0.822. The highest BCUT2D eigenvalue weighted by atomic mass is 14.4. The summed E-state index contributed by atoms with van der Waals surface area (Å²) in [5.74, 6) is 0.736. The molecule has 0 bridgehead atoms. The first-order chi connectivity index (χ1) is 32.2. The van der Waals surface area contributed by atoms with Crippen LogP contribution in [0.25, 0.3) is 55.6 Å². The molecule has 66 heavy (non-hydrogen) atoms. The molecule has 3 aliphatic carbocycles. The number of hydrogen-bond donors (Lipinski definition) is 0. The lowest BCUT2D eigenvalue weighted by molar-refractivity contribution is 0.616. The maximum absolute atomic E-state index is 2.48. The van der Waals surface area contributed by atoms with Crippen LogP contribution in [0, 0.1) is 0 Å². The van der Waals surface area contributed by atoms with Crippen LogP contribution in [0.1, 0.15) is 102 Å². The van der Waals surface area contributed by atoms with Gasteiger partial charge in [-0.25, -0.2) is 0 Å². The lowest BCUT2D eigenvalue weighted by atomic mass is 9.76. The van der Waals surface area contributed by atoms with Crippen molar-refractivity contribution in [2.24, 2.45) is 0 Å². The standard InChI is InChI=1S/C66H56/c1-65(2)62-20-12-10-18-57(62)60-40-44(24-38-63(60)65)39-59(49-34-30-47(31-35-49)50-36-37-58-56-17-9-11-19-61(56)66(3,4)64(58)42-50)48-32-28-46(29-33-48)45-25-21-43(22-26-45)23-27-52-41-51-13-5-6-14-53(51)55-16-8-7-15-54(52)55/h5-22,24-26,28-38,40,42,52,59H,23,27,39,41H2,1-4H3. The Hall–Kier alpha value is -7.02. The van der Waals surface area contributed by atoms with Gasteiger partial charge in [0.2, 0.25) is 0 Å². The van der Waals surface area contributed by atoms with Gasteiger partial charge >= 0.3 is 0 Å². The predicted molar refractivity (Wildman–Crippen MR) is 278 cm³/mol. The topological polar surface area (TPSA) is 0 Å². The molecule has 0 amide bonds. The van der Waals surface area contributed by atoms with Crippen molar-refractivity contribution in [2.75, 3.05) is 0 Å². The van der Waals surface area contributed by atoms with E-state index in [-0.39, 0.29) is 16.7 Å². The van der Waals surface area contributed by atoms with Crippen molar-refractivity contribution in [1.82, 2.24) is 0 Å². The molecule has 0 spiro atoms. The van der Waals surface area contributed by atoms with Gasteiger partial charge in [0.05, 0.1) is 0 Å². The normalized spacial score (nSPS) is 16.0. The monoisotopic (exact) mass is 848 g/mol. The number of fused-ring (bicyclic) bond motifs is 9. The highest BCUT2D eigenvalue weighted by Crippen LogP contribution is 2.51. The van der Waals surface area contributed by atoms with Crippen LogP contribution in [0.4, 0.5) is 0 Å². The van der Waals surface area contributed by atoms with E-state index in [1.807, 2.05) is 0 Å². The minimum Gasteiger partial charge on any atom is -0.0620 e. The fourth-order valence-electron chi connectivity index (χ4n) is 12.2. The van der Waals surface area contributed by atoms with E-state index >= 15 is 0 Å². The molecule has 12 rings (SSSR count). The van der Waals surface area contributed by atoms with Gasteiger partial charge in [0.1, 0.15) is 0 Å². The first-order valence-corrected chi connectivity index (χ1v) is 24.2. The van der Waals surface area contributed by atoms with Gasteiger partial charge in [-0.05, 0) is 149 Å². The van der Waals surface area contributed by atoms with Gasteiger partial charge in [-0.1, -0.05) is 228 Å². The quantitative estimate of drug-likeness (QED) is 0.136. The minimum atomic E-state index is -0.0249. The average Bonchev–Trinajstić information content (AvgIpc) is 3.74. The molecule has 0 aliphatic heterocycles. The molecule has 2 atom stereocenters. The Morgan fingerprint density at radius 3 is 1.56 bits per heavy atom. The maximum Gasteiger partial charge on any atom is 0.0159 e. The van der Waals surface area contributed by atoms with Crippen molar-refractivity contribution in [3.63, 3.8) is 0 Å². The third-order valence-electron chi connectivity index (χ3n) is 15.9. The van der Waals surface area contributed by atoms with Crippen molar-refractivity contribution in [1.29, 1.82) is 0 Å². The van der Waals surface area contributed by atoms with E-state index in [0.717, 1.165) is 25.7 Å². The molecule has 0 saturated carbocycles. The molecular formula is C66H56. The third-order valence-corrected chi connectivity index (χ3v) is 15.9. The van der Waals surface area contributed by atoms with Crippen LogP contribution in [0.15, 0.2) is 206 Å². The molecule has 0 saturated heterocycles. The molecular weight excluding hydrogens is 793 g/mol. The van der Waals surface area contributed by atoms with E-state index in [1.54, 1.807) is 0 Å². The largest absolute Gasteiger partial charge is 0.0620 e. The molecule has 2 unspecified atom stereocenters. The predicted octanol–water partition coefficient (Wildman–Crippen LogP) is 16.9. The van der Waals surface area contributed by atoms with Crippen LogP contribution in [0.2, 0.25) is 0 Å². The molecule has 0 fully saturated rings. The fourth-order valence-corrected chi connectivity index (χ4v) is 12.2. The third kappa shape index (κ3) is 6.81. The average molecular weight is 849 g/mol. The Morgan fingerprint density at radius 1 is 0.394 bits per heavy atom. The molecule has 0 aromatic heterocycles. The number of hydrogen-bond acceptors (Lipinski definition) is 0. The van der Waals surface area contributed by atoms with Gasteiger partial charge in [-0.15, -0.1) is 0 Å². The van der Waals surface area contributed by atoms with Crippen molar-refractivity contribution in [3.8, 4) is 55.6 Å². The summed E-state index contributed by atoms with van der Waals surface area (Å²) in [6.45, 7) is 9.47. The van der Waals surface area contributed by atoms with Crippen molar-refractivity contribution < 1.29 is 0 Å². The smallest absolute Gasteiger partial charge is 0.0159 e. The summed E-state index contributed by atoms with van der Waals surface area (Å²) in [4.78, 5) is 0. The van der Waals surface area contributed by atoms with Crippen LogP contribution >= 0.6 is 0 Å². The number of rotatable bonds is 9. The second-order valence-electron chi connectivity index (χ2n) is 20.4. The second kappa shape index (κ2) is 15.9. The lowest BCUT2D eigenvalue weighted by Crippen LogP contribution is -2.15. The molecule has 0 N–H and O–H groups in total. The van der Waals surface area contributed by atoms with E-state index in [2.05, 4.69) is 234 Å². The Labute approximate surface area is 391 Å². The molecule has 0 heteroatoms. The van der Waals surface area contributed by atoms with Crippen molar-refractivity contribution in [2.45, 2.75) is 76.0 Å². The molecule has 9 aromatic carbocycles. The molecule has 9 aromatic rings. The van der Waals surface area contributed by atoms with Crippen molar-refractivity contribution in [3.05, 3.63) is 262 Å². The highest BCUT2D eigenvalue weighted by Gasteiger charge is 2.36. The zero-order chi connectivity index (χ0) is 44.6. The first kappa shape index (κ1) is 40.5. The van der Waals surface area contributed by atoms with Gasteiger partial charge in [0, 0.05) is 16.7 Å². The molecule has 0 nitrogen and oxygen atoms in total. The fraction of sp³-hybridized carbons (Fsp3) is 0.182. The first-order valence-electron chi connectivity index (χ1n) is 24.2. The zero-order valence-electron chi connectivity index (χ0n) is 38.6. The summed E-state index contributed by atoms with van der Waals surface area (Å²) >= 11 is 0. The molecule has 320 valence electrons. The summed E-state index contributed by atoms with van der Waals surface area (Å²) in [5, 5.41) is 0. The van der Waals surface area contributed by atoms with Crippen LogP contribution in [0.5, 0.6) is 0 Å². The van der Waals surface area contributed by atoms with Gasteiger partial charge < -0.3 is 0 Å². The van der Waals surface area contributed by atoms with E-state index < -0.39 is 0 Å². The maximum atomic E-state index is 2.48. The number of benzene rings is 9. The summed E-state index contributed by atoms with van der Waals surface area (Å²) in [6, 6.07) is 78.6. The van der Waals surface area contributed by atoms with Crippen LogP contribution in [-0.2, 0) is 30.1 Å². The van der Waals surface area contributed by atoms with E-state index in [0.29, 0.717) is 5.92 Å². The van der Waals surface area contributed by atoms with Gasteiger partial charge in [0.25, 0.3) is 0 Å². The van der Waals surface area contributed by atoms with Crippen LogP contribution in [-0.4, -0.2) is 0 Å². The van der Waals surface area contributed by atoms with E-state index in [9.17, 15) is 0 Å². The Kier molecular flexibility index (Phi) is 9.72. The Morgan fingerprint density at radius 2 is 0.879 bits per heavy atom. The van der Waals surface area contributed by atoms with Gasteiger partial charge in [-0.2, -0.15) is 0 Å². The highest BCUT2D eigenvalue weighted by molar-refractivity contribution is 5.84. The molecule has 0 heterocycles. The van der Waals surface area contributed by atoms with E-state index in [1.165, 1.54) is 111 Å². The van der Waals surface area contributed by atoms with Crippen molar-refractivity contribution >= 4 is 0 Å².